The lowest BCUT2D eigenvalue weighted by Gasteiger charge is -2.45. The predicted molar refractivity (Wildman–Crippen MR) is 511 cm³/mol. The Bertz CT molecular complexity index is 8530. The van der Waals surface area contributed by atoms with Crippen LogP contribution < -0.4 is 14.4 Å². The molecule has 10 nitrogen and oxygen atoms in total. The van der Waals surface area contributed by atoms with Gasteiger partial charge in [0.15, 0.2) is 23.1 Å². The number of aromatic nitrogens is 7. The Morgan fingerprint density at radius 1 is 0.246 bits per heavy atom. The van der Waals surface area contributed by atoms with Gasteiger partial charge in [0.2, 0.25) is 5.95 Å². The monoisotopic (exact) mass is 1610 g/mol. The smallest absolute Gasteiger partial charge is 0.238 e. The molecule has 0 saturated carbocycles. The van der Waals surface area contributed by atoms with E-state index in [1.165, 1.54) is 99.2 Å². The van der Waals surface area contributed by atoms with Crippen molar-refractivity contribution < 1.29 is 9.47 Å². The maximum absolute atomic E-state index is 7.39. The van der Waals surface area contributed by atoms with Crippen LogP contribution in [0.25, 0.3) is 144 Å². The molecule has 0 bridgehead atoms. The van der Waals surface area contributed by atoms with Gasteiger partial charge in [-0.3, -0.25) is 4.57 Å². The maximum Gasteiger partial charge on any atom is 0.238 e. The summed E-state index contributed by atoms with van der Waals surface area (Å²) in [6.45, 7) is 4.70. The van der Waals surface area contributed by atoms with E-state index in [9.17, 15) is 0 Å². The van der Waals surface area contributed by atoms with Crippen molar-refractivity contribution in [2.24, 2.45) is 0 Å². The lowest BCUT2D eigenvalue weighted by atomic mass is 9.61. The van der Waals surface area contributed by atoms with Crippen LogP contribution in [0.4, 0.5) is 17.1 Å². The summed E-state index contributed by atoms with van der Waals surface area (Å²) in [5, 5.41) is 9.47. The van der Waals surface area contributed by atoms with E-state index in [1.54, 1.807) is 0 Å². The minimum atomic E-state index is -0.719. The molecule has 5 aromatic heterocycles. The molecule has 0 amide bonds. The van der Waals surface area contributed by atoms with Crippen LogP contribution in [0.2, 0.25) is 0 Å². The summed E-state index contributed by atoms with van der Waals surface area (Å²) in [6.07, 6.45) is 0. The average molecular weight is 1610 g/mol. The molecular weight excluding hydrogens is 1540 g/mol. The predicted octanol–water partition coefficient (Wildman–Crippen LogP) is 28.7. The summed E-state index contributed by atoms with van der Waals surface area (Å²) in [4.78, 5) is 18.0. The van der Waals surface area contributed by atoms with Crippen molar-refractivity contribution in [1.29, 1.82) is 0 Å². The SMILES string of the molecule is CC1(C)c2ccccc2-c2ccc(N(c3ccccc3)c3ccc(-n4c5ccccc5c5ccc6c(c54)Oc4ccccc4C64c5ccccc5-n5c6ccccc6c6cccc4c65)cc3)cc21.c1ccc(-c2nc(-c3ccccc3)nc(-n3c4ccccc4c4ccc5c(c43)Oc3ccccc3C53c4ccccc4-n4c5ccccc5c5cccc3c54)n2)cc1. The van der Waals surface area contributed by atoms with E-state index in [0.717, 1.165) is 123 Å². The molecule has 5 aliphatic rings. The van der Waals surface area contributed by atoms with Crippen molar-refractivity contribution in [2.45, 2.75) is 30.1 Å². The molecule has 0 N–H and O–H groups in total. The number of para-hydroxylation sites is 11. The van der Waals surface area contributed by atoms with E-state index in [1.807, 2.05) is 60.7 Å². The molecule has 23 aromatic rings. The highest BCUT2D eigenvalue weighted by Gasteiger charge is 2.54. The largest absolute Gasteiger partial charge is 0.454 e. The Hall–Kier alpha value is -16.4. The van der Waals surface area contributed by atoms with E-state index in [2.05, 4.69) is 389 Å². The maximum atomic E-state index is 7.39. The van der Waals surface area contributed by atoms with Gasteiger partial charge in [-0.2, -0.15) is 9.97 Å². The fourth-order valence-electron chi connectivity index (χ4n) is 22.6. The van der Waals surface area contributed by atoms with E-state index in [-0.39, 0.29) is 5.41 Å². The summed E-state index contributed by atoms with van der Waals surface area (Å²) in [5.74, 6) is 5.08. The van der Waals surface area contributed by atoms with Gasteiger partial charge in [0.05, 0.1) is 60.8 Å². The van der Waals surface area contributed by atoms with Gasteiger partial charge >= 0.3 is 0 Å². The van der Waals surface area contributed by atoms with Gasteiger partial charge in [0.1, 0.15) is 17.0 Å². The Morgan fingerprint density at radius 2 is 0.619 bits per heavy atom. The normalized spacial score (nSPS) is 15.5. The van der Waals surface area contributed by atoms with Gasteiger partial charge < -0.3 is 28.1 Å². The number of benzene rings is 18. The highest BCUT2D eigenvalue weighted by molar-refractivity contribution is 6.17. The zero-order valence-electron chi connectivity index (χ0n) is 68.7. The molecule has 4 aliphatic heterocycles. The van der Waals surface area contributed by atoms with Crippen LogP contribution in [-0.4, -0.2) is 33.2 Å². The van der Waals surface area contributed by atoms with Crippen molar-refractivity contribution in [3.63, 3.8) is 0 Å². The van der Waals surface area contributed by atoms with E-state index in [4.69, 9.17) is 24.4 Å². The molecule has 2 unspecified atom stereocenters. The van der Waals surface area contributed by atoms with Gasteiger partial charge in [-0.15, -0.1) is 0 Å². The molecule has 126 heavy (non-hydrogen) atoms. The average Bonchev–Trinajstić information content (AvgIpc) is 1.29. The molecule has 2 spiro atoms. The number of ether oxygens (including phenoxy) is 2. The van der Waals surface area contributed by atoms with Crippen molar-refractivity contribution in [1.82, 2.24) is 33.2 Å². The van der Waals surface area contributed by atoms with Crippen LogP contribution in [-0.2, 0) is 16.2 Å². The molecule has 18 aromatic carbocycles. The van der Waals surface area contributed by atoms with Crippen LogP contribution in [0.1, 0.15) is 69.5 Å². The first-order valence-corrected chi connectivity index (χ1v) is 43.3. The zero-order chi connectivity index (χ0) is 82.8. The minimum Gasteiger partial charge on any atom is -0.454 e. The van der Waals surface area contributed by atoms with Gasteiger partial charge in [0, 0.05) is 105 Å². The first-order valence-electron chi connectivity index (χ1n) is 43.3. The second-order valence-electron chi connectivity index (χ2n) is 34.3. The summed E-state index contributed by atoms with van der Waals surface area (Å²) >= 11 is 0. The van der Waals surface area contributed by atoms with Gasteiger partial charge in [0.25, 0.3) is 0 Å². The molecule has 2 atom stereocenters. The summed E-state index contributed by atoms with van der Waals surface area (Å²) in [7, 11) is 0. The molecule has 9 heterocycles. The molecular formula is C116H74N8O2. The van der Waals surface area contributed by atoms with Gasteiger partial charge in [-0.1, -0.05) is 329 Å². The summed E-state index contributed by atoms with van der Waals surface area (Å²) in [5.41, 5.74) is 30.8. The van der Waals surface area contributed by atoms with Gasteiger partial charge in [-0.05, 0) is 142 Å². The number of hydrogen-bond acceptors (Lipinski definition) is 6. The third-order valence-corrected chi connectivity index (χ3v) is 27.8. The number of anilines is 3. The highest BCUT2D eigenvalue weighted by Crippen LogP contribution is 2.65. The van der Waals surface area contributed by atoms with E-state index >= 15 is 0 Å². The third kappa shape index (κ3) is 9.45. The number of rotatable bonds is 7. The number of nitrogens with zero attached hydrogens (tertiary/aromatic N) is 8. The lowest BCUT2D eigenvalue weighted by Crippen LogP contribution is -2.37. The zero-order valence-corrected chi connectivity index (χ0v) is 68.7. The van der Waals surface area contributed by atoms with Crippen molar-refractivity contribution in [3.8, 4) is 79.9 Å². The van der Waals surface area contributed by atoms with Gasteiger partial charge in [-0.25, -0.2) is 4.98 Å². The van der Waals surface area contributed by atoms with Crippen LogP contribution >= 0.6 is 0 Å². The fourth-order valence-corrected chi connectivity index (χ4v) is 22.6. The van der Waals surface area contributed by atoms with E-state index in [0.29, 0.717) is 17.6 Å². The Morgan fingerprint density at radius 3 is 1.13 bits per heavy atom. The summed E-state index contributed by atoms with van der Waals surface area (Å²) < 4.78 is 24.3. The van der Waals surface area contributed by atoms with Crippen molar-refractivity contribution in [2.75, 3.05) is 4.90 Å². The fraction of sp³-hybridized carbons (Fsp3) is 0.0431. The lowest BCUT2D eigenvalue weighted by molar-refractivity contribution is 0.437. The molecule has 10 heteroatoms. The summed E-state index contributed by atoms with van der Waals surface area (Å²) in [6, 6.07) is 149. The van der Waals surface area contributed by atoms with Crippen LogP contribution in [0.5, 0.6) is 23.0 Å². The Balaban J connectivity index is 0.000000133. The molecule has 0 radical (unpaired) electrons. The highest BCUT2D eigenvalue weighted by atomic mass is 16.5. The van der Waals surface area contributed by atoms with Crippen molar-refractivity contribution in [3.05, 3.63) is 468 Å². The molecule has 1 aliphatic carbocycles. The van der Waals surface area contributed by atoms with Crippen LogP contribution in [0.3, 0.4) is 0 Å². The second-order valence-corrected chi connectivity index (χ2v) is 34.3. The Kier molecular flexibility index (Phi) is 14.7. The second kappa shape index (κ2) is 26.3. The molecule has 590 valence electrons. The first kappa shape index (κ1) is 70.3. The number of hydrogen-bond donors (Lipinski definition) is 0. The molecule has 28 rings (SSSR count). The van der Waals surface area contributed by atoms with Crippen LogP contribution in [0.15, 0.2) is 413 Å². The van der Waals surface area contributed by atoms with Crippen LogP contribution in [0, 0.1) is 0 Å². The molecule has 0 fully saturated rings. The topological polar surface area (TPSA) is 80.1 Å². The first-order chi connectivity index (χ1) is 62.3. The Labute approximate surface area is 725 Å². The number of fused-ring (bicyclic) bond motifs is 33. The standard InChI is InChI=1S/C64H43N3O.C52H31N5O/c1-63(2)50-23-9-6-19-44(50)45-36-35-43(39-55(45)63)65(40-17-4-3-5-18-40)41-31-33-42(34-32-41)66-56-27-12-7-21-47(56)49-37-38-54-62(61(49)66)68-59-30-15-11-25-52(59)64(54)51-24-10-14-29-58(51)67-57-28-13-8-20-46(57)48-22-16-26-53(64)60(48)67;1-3-16-32(17-4-1)49-53-50(33-18-5-2-6-19-33)55-51(54-49)57-43-27-12-8-21-35(43)37-30-31-41-48(47(37)57)58-45-29-14-10-24-39(45)52(41)38-23-9-13-28-44(38)56-42-26-11-7-20-34(42)36-22-15-25-40(52)46(36)56/h3-39H,1-2H3;1-31H. The molecule has 0 saturated heterocycles. The van der Waals surface area contributed by atoms with Crippen molar-refractivity contribution >= 4 is 104 Å². The third-order valence-electron chi connectivity index (χ3n) is 27.8. The van der Waals surface area contributed by atoms with E-state index < -0.39 is 10.8 Å². The minimum absolute atomic E-state index is 0.115. The quantitative estimate of drug-likeness (QED) is 0.158.